The van der Waals surface area contributed by atoms with Crippen molar-refractivity contribution < 1.29 is 19.2 Å². The van der Waals surface area contributed by atoms with Crippen LogP contribution in [0.4, 0.5) is 5.69 Å². The van der Waals surface area contributed by atoms with Gasteiger partial charge in [0.25, 0.3) is 11.6 Å². The second kappa shape index (κ2) is 9.02. The number of nitro groups is 1. The van der Waals surface area contributed by atoms with Crippen LogP contribution in [0.1, 0.15) is 49.9 Å². The van der Waals surface area contributed by atoms with Crippen LogP contribution in [0.2, 0.25) is 0 Å². The summed E-state index contributed by atoms with van der Waals surface area (Å²) in [5, 5.41) is 14.1. The third kappa shape index (κ3) is 4.97. The van der Waals surface area contributed by atoms with Gasteiger partial charge in [0.1, 0.15) is 5.56 Å². The van der Waals surface area contributed by atoms with Gasteiger partial charge in [0.2, 0.25) is 0 Å². The van der Waals surface area contributed by atoms with Crippen molar-refractivity contribution in [2.75, 3.05) is 6.26 Å². The Morgan fingerprint density at radius 3 is 2.65 bits per heavy atom. The monoisotopic (exact) mass is 380 g/mol. The van der Waals surface area contributed by atoms with Crippen molar-refractivity contribution in [1.29, 1.82) is 0 Å². The zero-order valence-electron chi connectivity index (χ0n) is 15.2. The average molecular weight is 380 g/mol. The number of nitrogens with zero attached hydrogens (tertiary/aromatic N) is 1. The average Bonchev–Trinajstić information content (AvgIpc) is 2.62. The van der Waals surface area contributed by atoms with Crippen LogP contribution in [0.3, 0.4) is 0 Å². The molecule has 142 valence electrons. The Balaban J connectivity index is 2.06. The van der Waals surface area contributed by atoms with E-state index in [0.29, 0.717) is 10.8 Å². The largest absolute Gasteiger partial charge is 0.449 e. The number of benzene rings is 1. The maximum absolute atomic E-state index is 12.4. The highest BCUT2D eigenvalue weighted by atomic mass is 32.2. The lowest BCUT2D eigenvalue weighted by atomic mass is 9.86. The Labute approximate surface area is 157 Å². The molecule has 1 aliphatic carbocycles. The number of hydrogen-bond donors (Lipinski definition) is 1. The SMILES string of the molecule is CSc1ccc([N+](=O)[O-])c(C(=O)OC(C)C(=O)NC2CCCCC2C)c1. The topological polar surface area (TPSA) is 98.5 Å². The van der Waals surface area contributed by atoms with Crippen molar-refractivity contribution >= 4 is 29.3 Å². The zero-order chi connectivity index (χ0) is 19.3. The summed E-state index contributed by atoms with van der Waals surface area (Å²) in [6.45, 7) is 3.57. The highest BCUT2D eigenvalue weighted by Crippen LogP contribution is 2.26. The summed E-state index contributed by atoms with van der Waals surface area (Å²) in [6.07, 6.45) is 4.98. The summed E-state index contributed by atoms with van der Waals surface area (Å²) in [7, 11) is 0. The molecule has 1 saturated carbocycles. The third-order valence-corrected chi connectivity index (χ3v) is 5.44. The first kappa shape index (κ1) is 20.2. The number of carbonyl (C=O) groups excluding carboxylic acids is 2. The third-order valence-electron chi connectivity index (χ3n) is 4.71. The lowest BCUT2D eigenvalue weighted by Crippen LogP contribution is -2.46. The Bertz CT molecular complexity index is 694. The lowest BCUT2D eigenvalue weighted by molar-refractivity contribution is -0.385. The lowest BCUT2D eigenvalue weighted by Gasteiger charge is -2.30. The van der Waals surface area contributed by atoms with E-state index >= 15 is 0 Å². The van der Waals surface area contributed by atoms with E-state index in [-0.39, 0.29) is 23.2 Å². The molecule has 7 nitrogen and oxygen atoms in total. The number of rotatable bonds is 6. The van der Waals surface area contributed by atoms with Gasteiger partial charge in [-0.1, -0.05) is 19.8 Å². The number of ether oxygens (including phenoxy) is 1. The van der Waals surface area contributed by atoms with Gasteiger partial charge in [-0.05, 0) is 44.1 Å². The molecule has 0 radical (unpaired) electrons. The molecular formula is C18H24N2O5S. The summed E-state index contributed by atoms with van der Waals surface area (Å²) in [4.78, 5) is 36.0. The number of carbonyl (C=O) groups is 2. The fourth-order valence-corrected chi connectivity index (χ4v) is 3.51. The number of nitro benzene ring substituents is 1. The van der Waals surface area contributed by atoms with Crippen LogP contribution in [0.5, 0.6) is 0 Å². The van der Waals surface area contributed by atoms with E-state index in [4.69, 9.17) is 4.74 Å². The van der Waals surface area contributed by atoms with Crippen molar-refractivity contribution in [2.24, 2.45) is 5.92 Å². The fourth-order valence-electron chi connectivity index (χ4n) is 3.07. The van der Waals surface area contributed by atoms with Crippen LogP contribution in [-0.2, 0) is 9.53 Å². The normalized spacial score (nSPS) is 20.9. The number of amides is 1. The van der Waals surface area contributed by atoms with E-state index in [1.807, 2.05) is 0 Å². The van der Waals surface area contributed by atoms with Gasteiger partial charge >= 0.3 is 5.97 Å². The van der Waals surface area contributed by atoms with Crippen molar-refractivity contribution in [1.82, 2.24) is 5.32 Å². The zero-order valence-corrected chi connectivity index (χ0v) is 16.0. The summed E-state index contributed by atoms with van der Waals surface area (Å²) in [5.74, 6) is -0.859. The molecule has 1 amide bonds. The van der Waals surface area contributed by atoms with Gasteiger partial charge < -0.3 is 10.1 Å². The predicted octanol–water partition coefficient (Wildman–Crippen LogP) is 3.56. The van der Waals surface area contributed by atoms with Gasteiger partial charge in [0.15, 0.2) is 6.10 Å². The molecule has 1 fully saturated rings. The van der Waals surface area contributed by atoms with E-state index in [1.165, 1.54) is 30.8 Å². The molecule has 1 aromatic rings. The van der Waals surface area contributed by atoms with E-state index in [0.717, 1.165) is 25.7 Å². The Kier molecular flexibility index (Phi) is 7.02. The Hall–Kier alpha value is -2.09. The van der Waals surface area contributed by atoms with E-state index < -0.39 is 17.0 Å². The molecule has 0 saturated heterocycles. The first-order chi connectivity index (χ1) is 12.3. The van der Waals surface area contributed by atoms with Gasteiger partial charge in [-0.25, -0.2) is 4.79 Å². The molecular weight excluding hydrogens is 356 g/mol. The van der Waals surface area contributed by atoms with Crippen LogP contribution in [0.15, 0.2) is 23.1 Å². The van der Waals surface area contributed by atoms with Gasteiger partial charge in [-0.15, -0.1) is 11.8 Å². The fraction of sp³-hybridized carbons (Fsp3) is 0.556. The minimum absolute atomic E-state index is 0.0755. The van der Waals surface area contributed by atoms with Crippen LogP contribution >= 0.6 is 11.8 Å². The summed E-state index contributed by atoms with van der Waals surface area (Å²) in [5.41, 5.74) is -0.478. The molecule has 8 heteroatoms. The summed E-state index contributed by atoms with van der Waals surface area (Å²) < 4.78 is 5.20. The predicted molar refractivity (Wildman–Crippen MR) is 99.3 cm³/mol. The first-order valence-electron chi connectivity index (χ1n) is 8.67. The molecule has 0 aromatic heterocycles. The quantitative estimate of drug-likeness (QED) is 0.351. The molecule has 1 N–H and O–H groups in total. The summed E-state index contributed by atoms with van der Waals surface area (Å²) in [6, 6.07) is 4.34. The second-order valence-electron chi connectivity index (χ2n) is 6.56. The molecule has 0 spiro atoms. The van der Waals surface area contributed by atoms with Gasteiger partial charge in [-0.2, -0.15) is 0 Å². The van der Waals surface area contributed by atoms with Crippen LogP contribution in [0, 0.1) is 16.0 Å². The maximum Gasteiger partial charge on any atom is 0.345 e. The smallest absolute Gasteiger partial charge is 0.345 e. The van der Waals surface area contributed by atoms with E-state index in [2.05, 4.69) is 12.2 Å². The number of nitrogens with one attached hydrogen (secondary N) is 1. The molecule has 0 bridgehead atoms. The Morgan fingerprint density at radius 2 is 2.04 bits per heavy atom. The second-order valence-corrected chi connectivity index (χ2v) is 7.44. The minimum atomic E-state index is -1.02. The van der Waals surface area contributed by atoms with Crippen LogP contribution in [-0.4, -0.2) is 35.2 Å². The molecule has 1 aliphatic rings. The number of thioether (sulfide) groups is 1. The Morgan fingerprint density at radius 1 is 1.35 bits per heavy atom. The van der Waals surface area contributed by atoms with Crippen molar-refractivity contribution in [2.45, 2.75) is 56.6 Å². The van der Waals surface area contributed by atoms with Crippen LogP contribution in [0.25, 0.3) is 0 Å². The number of hydrogen-bond acceptors (Lipinski definition) is 6. The van der Waals surface area contributed by atoms with Gasteiger partial charge in [0, 0.05) is 17.0 Å². The van der Waals surface area contributed by atoms with Gasteiger partial charge in [0.05, 0.1) is 4.92 Å². The standard InChI is InChI=1S/C18H24N2O5S/c1-11-6-4-5-7-15(11)19-17(21)12(2)25-18(22)14-10-13(26-3)8-9-16(14)20(23)24/h8-12,15H,4-7H2,1-3H3,(H,19,21). The first-order valence-corrected chi connectivity index (χ1v) is 9.89. The van der Waals surface area contributed by atoms with Crippen molar-refractivity contribution in [3.63, 3.8) is 0 Å². The number of esters is 1. The van der Waals surface area contributed by atoms with Crippen molar-refractivity contribution in [3.05, 3.63) is 33.9 Å². The molecule has 0 aliphatic heterocycles. The summed E-state index contributed by atoms with van der Waals surface area (Å²) >= 11 is 1.36. The van der Waals surface area contributed by atoms with E-state index in [1.54, 1.807) is 12.3 Å². The van der Waals surface area contributed by atoms with Crippen molar-refractivity contribution in [3.8, 4) is 0 Å². The molecule has 3 atom stereocenters. The molecule has 1 aromatic carbocycles. The van der Waals surface area contributed by atoms with Gasteiger partial charge in [-0.3, -0.25) is 14.9 Å². The molecule has 3 unspecified atom stereocenters. The minimum Gasteiger partial charge on any atom is -0.449 e. The highest BCUT2D eigenvalue weighted by Gasteiger charge is 2.28. The highest BCUT2D eigenvalue weighted by molar-refractivity contribution is 7.98. The maximum atomic E-state index is 12.4. The van der Waals surface area contributed by atoms with E-state index in [9.17, 15) is 19.7 Å². The molecule has 0 heterocycles. The van der Waals surface area contributed by atoms with Crippen LogP contribution < -0.4 is 5.32 Å². The molecule has 2 rings (SSSR count). The molecule has 26 heavy (non-hydrogen) atoms.